The van der Waals surface area contributed by atoms with Gasteiger partial charge < -0.3 is 15.5 Å². The Morgan fingerprint density at radius 2 is 1.92 bits per heavy atom. The average molecular weight is 342 g/mol. The number of amides is 2. The average Bonchev–Trinajstić information content (AvgIpc) is 2.84. The maximum absolute atomic E-state index is 13.1. The number of rotatable bonds is 2. The molecule has 1 spiro atoms. The molecular formula is C18H16ClN3O2. The Balaban J connectivity index is 1.97. The molecule has 0 radical (unpaired) electrons. The molecule has 0 saturated heterocycles. The largest absolute Gasteiger partial charge is 0.350 e. The third-order valence-corrected chi connectivity index (χ3v) is 4.75. The number of benzene rings is 2. The van der Waals surface area contributed by atoms with Crippen LogP contribution < -0.4 is 10.6 Å². The number of nitrogens with one attached hydrogen (secondary N) is 2. The minimum atomic E-state index is -1.23. The van der Waals surface area contributed by atoms with Crippen LogP contribution in [0.4, 0.5) is 11.4 Å². The molecule has 0 bridgehead atoms. The monoisotopic (exact) mass is 341 g/mol. The van der Waals surface area contributed by atoms with Gasteiger partial charge in [0.25, 0.3) is 11.8 Å². The van der Waals surface area contributed by atoms with E-state index in [9.17, 15) is 9.59 Å². The highest BCUT2D eigenvalue weighted by Gasteiger charge is 2.55. The molecule has 5 nitrogen and oxygen atoms in total. The quantitative estimate of drug-likeness (QED) is 0.879. The Hall–Kier alpha value is -2.53. The predicted octanol–water partition coefficient (Wildman–Crippen LogP) is 3.42. The van der Waals surface area contributed by atoms with Gasteiger partial charge in [0.05, 0.1) is 11.3 Å². The molecule has 2 aromatic rings. The highest BCUT2D eigenvalue weighted by Crippen LogP contribution is 2.45. The van der Waals surface area contributed by atoms with Crippen molar-refractivity contribution in [2.24, 2.45) is 0 Å². The summed E-state index contributed by atoms with van der Waals surface area (Å²) < 4.78 is 0. The summed E-state index contributed by atoms with van der Waals surface area (Å²) in [6, 6.07) is 12.5. The lowest BCUT2D eigenvalue weighted by Crippen LogP contribution is -2.61. The van der Waals surface area contributed by atoms with E-state index in [1.54, 1.807) is 23.1 Å². The normalized spacial score (nSPS) is 21.3. The number of anilines is 2. The molecule has 2 aliphatic heterocycles. The fraction of sp³-hybridized carbons (Fsp3) is 0.222. The van der Waals surface area contributed by atoms with Gasteiger partial charge in [0, 0.05) is 22.8 Å². The molecule has 2 N–H and O–H groups in total. The van der Waals surface area contributed by atoms with E-state index in [0.29, 0.717) is 22.8 Å². The van der Waals surface area contributed by atoms with Gasteiger partial charge in [0.2, 0.25) is 5.66 Å². The summed E-state index contributed by atoms with van der Waals surface area (Å²) in [6.45, 7) is 2.45. The Labute approximate surface area is 144 Å². The van der Waals surface area contributed by atoms with E-state index in [1.807, 2.05) is 31.2 Å². The zero-order valence-electron chi connectivity index (χ0n) is 13.1. The maximum Gasteiger partial charge on any atom is 0.276 e. The number of hydrogen-bond acceptors (Lipinski definition) is 3. The van der Waals surface area contributed by atoms with E-state index in [4.69, 9.17) is 11.6 Å². The summed E-state index contributed by atoms with van der Waals surface area (Å²) in [7, 11) is 0. The zero-order chi connectivity index (χ0) is 16.9. The fourth-order valence-corrected chi connectivity index (χ4v) is 3.67. The van der Waals surface area contributed by atoms with Crippen LogP contribution in [0.5, 0.6) is 0 Å². The first-order valence-electron chi connectivity index (χ1n) is 7.88. The molecule has 6 heteroatoms. The van der Waals surface area contributed by atoms with Gasteiger partial charge in [0.1, 0.15) is 0 Å². The molecule has 0 fully saturated rings. The molecule has 2 aromatic carbocycles. The van der Waals surface area contributed by atoms with E-state index in [0.717, 1.165) is 17.7 Å². The molecule has 0 unspecified atom stereocenters. The Morgan fingerprint density at radius 1 is 1.12 bits per heavy atom. The molecule has 4 rings (SSSR count). The van der Waals surface area contributed by atoms with Gasteiger partial charge in [-0.2, -0.15) is 0 Å². The van der Waals surface area contributed by atoms with E-state index in [2.05, 4.69) is 10.6 Å². The number of fused-ring (bicyclic) bond motifs is 3. The molecular weight excluding hydrogens is 326 g/mol. The van der Waals surface area contributed by atoms with Gasteiger partial charge >= 0.3 is 0 Å². The number of para-hydroxylation sites is 1. The molecule has 2 heterocycles. The minimum Gasteiger partial charge on any atom is -0.350 e. The summed E-state index contributed by atoms with van der Waals surface area (Å²) in [6.07, 6.45) is 0.744. The standard InChI is InChI=1S/C18H16ClN3O2/c1-2-9-22-16(23)12-8-7-11(19)10-15(12)21-18(22)13-5-3-4-6-14(13)20-17(18)24/h3-8,10,21H,2,9H2,1H3,(H,20,24)/t18-/m1/s1. The van der Waals surface area contributed by atoms with Crippen molar-refractivity contribution in [2.45, 2.75) is 19.0 Å². The van der Waals surface area contributed by atoms with Crippen molar-refractivity contribution < 1.29 is 9.59 Å². The number of carbonyl (C=O) groups is 2. The van der Waals surface area contributed by atoms with Crippen LogP contribution in [0.1, 0.15) is 29.3 Å². The van der Waals surface area contributed by atoms with Gasteiger partial charge in [-0.05, 0) is 30.7 Å². The van der Waals surface area contributed by atoms with Crippen molar-refractivity contribution in [3.05, 3.63) is 58.6 Å². The van der Waals surface area contributed by atoms with Crippen molar-refractivity contribution in [1.82, 2.24) is 4.90 Å². The second kappa shape index (κ2) is 5.24. The lowest BCUT2D eigenvalue weighted by molar-refractivity contribution is -0.125. The maximum atomic E-state index is 13.1. The number of hydrogen-bond donors (Lipinski definition) is 2. The Kier molecular flexibility index (Phi) is 3.28. The molecule has 24 heavy (non-hydrogen) atoms. The highest BCUT2D eigenvalue weighted by atomic mass is 35.5. The highest BCUT2D eigenvalue weighted by molar-refractivity contribution is 6.31. The van der Waals surface area contributed by atoms with E-state index >= 15 is 0 Å². The van der Waals surface area contributed by atoms with Gasteiger partial charge in [0.15, 0.2) is 0 Å². The Morgan fingerprint density at radius 3 is 2.71 bits per heavy atom. The SMILES string of the molecule is CCCN1C(=O)c2ccc(Cl)cc2N[C@@]12C(=O)Nc1ccccc12. The van der Waals surface area contributed by atoms with Crippen molar-refractivity contribution in [2.75, 3.05) is 17.2 Å². The molecule has 1 atom stereocenters. The first-order valence-corrected chi connectivity index (χ1v) is 8.26. The molecule has 2 amide bonds. The lowest BCUT2D eigenvalue weighted by atomic mass is 9.93. The van der Waals surface area contributed by atoms with Crippen LogP contribution in [0.25, 0.3) is 0 Å². The summed E-state index contributed by atoms with van der Waals surface area (Å²) >= 11 is 6.09. The summed E-state index contributed by atoms with van der Waals surface area (Å²) in [5.74, 6) is -0.426. The Bertz CT molecular complexity index is 867. The van der Waals surface area contributed by atoms with E-state index in [-0.39, 0.29) is 11.8 Å². The van der Waals surface area contributed by atoms with Gasteiger partial charge in [-0.15, -0.1) is 0 Å². The van der Waals surface area contributed by atoms with Crippen molar-refractivity contribution >= 4 is 34.8 Å². The topological polar surface area (TPSA) is 61.4 Å². The van der Waals surface area contributed by atoms with Crippen LogP contribution in [0.15, 0.2) is 42.5 Å². The molecule has 0 saturated carbocycles. The summed E-state index contributed by atoms with van der Waals surface area (Å²) in [5, 5.41) is 6.69. The minimum absolute atomic E-state index is 0.172. The van der Waals surface area contributed by atoms with Crippen LogP contribution >= 0.6 is 11.6 Å². The van der Waals surface area contributed by atoms with Gasteiger partial charge in [-0.3, -0.25) is 9.59 Å². The van der Waals surface area contributed by atoms with Crippen LogP contribution in [0, 0.1) is 0 Å². The molecule has 0 aromatic heterocycles. The smallest absolute Gasteiger partial charge is 0.276 e. The molecule has 0 aliphatic carbocycles. The van der Waals surface area contributed by atoms with Crippen molar-refractivity contribution in [1.29, 1.82) is 0 Å². The van der Waals surface area contributed by atoms with Crippen LogP contribution in [-0.4, -0.2) is 23.3 Å². The first kappa shape index (κ1) is 15.0. The summed E-state index contributed by atoms with van der Waals surface area (Å²) in [4.78, 5) is 27.6. The van der Waals surface area contributed by atoms with Crippen molar-refractivity contribution in [3.63, 3.8) is 0 Å². The molecule has 2 aliphatic rings. The van der Waals surface area contributed by atoms with Gasteiger partial charge in [-0.25, -0.2) is 0 Å². The van der Waals surface area contributed by atoms with Gasteiger partial charge in [-0.1, -0.05) is 36.7 Å². The van der Waals surface area contributed by atoms with Crippen LogP contribution in [-0.2, 0) is 10.5 Å². The zero-order valence-corrected chi connectivity index (χ0v) is 13.9. The summed E-state index contributed by atoms with van der Waals surface area (Å²) in [5.41, 5.74) is 1.33. The number of halogens is 1. The third kappa shape index (κ3) is 1.88. The number of carbonyl (C=O) groups excluding carboxylic acids is 2. The predicted molar refractivity (Wildman–Crippen MR) is 93.2 cm³/mol. The van der Waals surface area contributed by atoms with Crippen LogP contribution in [0.2, 0.25) is 5.02 Å². The van der Waals surface area contributed by atoms with E-state index in [1.165, 1.54) is 0 Å². The second-order valence-electron chi connectivity index (χ2n) is 5.98. The fourth-order valence-electron chi connectivity index (χ4n) is 3.49. The van der Waals surface area contributed by atoms with E-state index < -0.39 is 5.66 Å². The number of nitrogens with zero attached hydrogens (tertiary/aromatic N) is 1. The second-order valence-corrected chi connectivity index (χ2v) is 6.42. The third-order valence-electron chi connectivity index (χ3n) is 4.52. The molecule has 122 valence electrons. The van der Waals surface area contributed by atoms with Crippen molar-refractivity contribution in [3.8, 4) is 0 Å². The lowest BCUT2D eigenvalue weighted by Gasteiger charge is -2.44. The van der Waals surface area contributed by atoms with Crippen LogP contribution in [0.3, 0.4) is 0 Å². The first-order chi connectivity index (χ1) is 11.6.